The number of fused-ring (bicyclic) bond motifs is 2. The number of aromatic nitrogens is 4. The normalized spacial score (nSPS) is 19.3. The summed E-state index contributed by atoms with van der Waals surface area (Å²) >= 11 is 0. The van der Waals surface area contributed by atoms with Crippen molar-refractivity contribution < 1.29 is 18.0 Å². The number of pyridine rings is 1. The molecule has 1 amide bonds. The van der Waals surface area contributed by atoms with Gasteiger partial charge in [0.15, 0.2) is 12.0 Å². The Morgan fingerprint density at radius 1 is 1.21 bits per heavy atom. The summed E-state index contributed by atoms with van der Waals surface area (Å²) in [6.45, 7) is 4.97. The highest BCUT2D eigenvalue weighted by atomic mass is 19.2. The third kappa shape index (κ3) is 3.28. The Kier molecular flexibility index (Phi) is 4.85. The predicted molar refractivity (Wildman–Crippen MR) is 122 cm³/mol. The summed E-state index contributed by atoms with van der Waals surface area (Å²) in [7, 11) is 0. The SMILES string of the molecule is CC1=C(Cc2nc(-c3nc(N)c4c(n3)NC(=O)C4(C)C)c3ccc(F)cn23)C=CC=C(F)C1F. The van der Waals surface area contributed by atoms with Gasteiger partial charge in [-0.1, -0.05) is 12.2 Å². The Bertz CT molecular complexity index is 1470. The quantitative estimate of drug-likeness (QED) is 0.598. The van der Waals surface area contributed by atoms with Crippen LogP contribution in [0.4, 0.5) is 24.8 Å². The molecule has 0 spiro atoms. The van der Waals surface area contributed by atoms with Gasteiger partial charge in [-0.3, -0.25) is 9.20 Å². The number of rotatable bonds is 3. The van der Waals surface area contributed by atoms with Gasteiger partial charge in [-0.2, -0.15) is 0 Å². The average molecular weight is 466 g/mol. The van der Waals surface area contributed by atoms with Gasteiger partial charge in [-0.05, 0) is 50.1 Å². The molecule has 0 fully saturated rings. The van der Waals surface area contributed by atoms with Crippen LogP contribution in [0.3, 0.4) is 0 Å². The van der Waals surface area contributed by atoms with Crippen LogP contribution in [-0.4, -0.2) is 31.4 Å². The minimum absolute atomic E-state index is 0.110. The van der Waals surface area contributed by atoms with Gasteiger partial charge < -0.3 is 11.1 Å². The number of nitrogens with zero attached hydrogens (tertiary/aromatic N) is 4. The fourth-order valence-corrected chi connectivity index (χ4v) is 4.29. The molecular formula is C24H21F3N6O. The van der Waals surface area contributed by atoms with Crippen LogP contribution >= 0.6 is 0 Å². The first kappa shape index (κ1) is 21.9. The van der Waals surface area contributed by atoms with Gasteiger partial charge in [0.1, 0.15) is 34.8 Å². The Morgan fingerprint density at radius 2 is 1.97 bits per heavy atom. The number of anilines is 2. The number of nitrogens with two attached hydrogens (primary N) is 1. The van der Waals surface area contributed by atoms with Crippen LogP contribution < -0.4 is 11.1 Å². The maximum absolute atomic E-state index is 14.4. The van der Waals surface area contributed by atoms with Crippen LogP contribution in [0.5, 0.6) is 0 Å². The van der Waals surface area contributed by atoms with Gasteiger partial charge in [0.25, 0.3) is 0 Å². The molecule has 0 saturated carbocycles. The van der Waals surface area contributed by atoms with Crippen molar-refractivity contribution in [3.8, 4) is 11.5 Å². The van der Waals surface area contributed by atoms with Crippen molar-refractivity contribution in [2.75, 3.05) is 11.1 Å². The van der Waals surface area contributed by atoms with Gasteiger partial charge in [-0.25, -0.2) is 28.1 Å². The number of halogens is 3. The highest BCUT2D eigenvalue weighted by Crippen LogP contribution is 2.40. The van der Waals surface area contributed by atoms with Crippen molar-refractivity contribution in [2.45, 2.75) is 38.8 Å². The molecule has 174 valence electrons. The lowest BCUT2D eigenvalue weighted by molar-refractivity contribution is -0.119. The maximum atomic E-state index is 14.4. The van der Waals surface area contributed by atoms with Crippen LogP contribution in [0.15, 0.2) is 53.5 Å². The first-order valence-electron chi connectivity index (χ1n) is 10.6. The minimum atomic E-state index is -1.86. The molecule has 2 aliphatic rings. The smallest absolute Gasteiger partial charge is 0.235 e. The lowest BCUT2D eigenvalue weighted by Gasteiger charge is -2.16. The molecule has 0 saturated heterocycles. The Balaban J connectivity index is 1.65. The van der Waals surface area contributed by atoms with Gasteiger partial charge >= 0.3 is 0 Å². The van der Waals surface area contributed by atoms with Crippen molar-refractivity contribution in [2.24, 2.45) is 0 Å². The summed E-state index contributed by atoms with van der Waals surface area (Å²) in [6.07, 6.45) is 3.62. The lowest BCUT2D eigenvalue weighted by atomic mass is 9.87. The number of allylic oxidation sites excluding steroid dienone is 6. The Labute approximate surface area is 192 Å². The van der Waals surface area contributed by atoms with Crippen molar-refractivity contribution in [1.82, 2.24) is 19.4 Å². The number of alkyl halides is 1. The zero-order valence-corrected chi connectivity index (χ0v) is 18.7. The van der Waals surface area contributed by atoms with E-state index < -0.39 is 23.2 Å². The second-order valence-corrected chi connectivity index (χ2v) is 8.87. The molecule has 0 radical (unpaired) electrons. The fourth-order valence-electron chi connectivity index (χ4n) is 4.29. The Hall–Kier alpha value is -3.95. The zero-order valence-electron chi connectivity index (χ0n) is 18.7. The van der Waals surface area contributed by atoms with Crippen LogP contribution in [0.2, 0.25) is 0 Å². The monoisotopic (exact) mass is 466 g/mol. The number of hydrogen-bond acceptors (Lipinski definition) is 5. The number of nitrogens with one attached hydrogen (secondary N) is 1. The van der Waals surface area contributed by atoms with E-state index >= 15 is 0 Å². The second kappa shape index (κ2) is 7.54. The van der Waals surface area contributed by atoms with E-state index in [0.29, 0.717) is 34.0 Å². The largest absolute Gasteiger partial charge is 0.383 e. The minimum Gasteiger partial charge on any atom is -0.383 e. The number of carbonyl (C=O) groups excluding carboxylic acids is 1. The van der Waals surface area contributed by atoms with Gasteiger partial charge in [0, 0.05) is 12.6 Å². The van der Waals surface area contributed by atoms with Crippen LogP contribution in [-0.2, 0) is 16.6 Å². The molecule has 0 aromatic carbocycles. The van der Waals surface area contributed by atoms with E-state index in [4.69, 9.17) is 5.73 Å². The molecule has 1 aliphatic heterocycles. The van der Waals surface area contributed by atoms with E-state index in [9.17, 15) is 18.0 Å². The summed E-state index contributed by atoms with van der Waals surface area (Å²) in [5, 5.41) is 2.73. The van der Waals surface area contributed by atoms with Crippen LogP contribution in [0.25, 0.3) is 17.0 Å². The number of nitrogen functional groups attached to an aromatic ring is 1. The molecule has 1 atom stereocenters. The van der Waals surface area contributed by atoms with Crippen molar-refractivity contribution in [3.05, 3.63) is 70.7 Å². The molecule has 7 nitrogen and oxygen atoms in total. The summed E-state index contributed by atoms with van der Waals surface area (Å²) in [4.78, 5) is 25.9. The van der Waals surface area contributed by atoms with Crippen LogP contribution in [0.1, 0.15) is 32.2 Å². The van der Waals surface area contributed by atoms with Gasteiger partial charge in [0.2, 0.25) is 5.91 Å². The van der Waals surface area contributed by atoms with Crippen molar-refractivity contribution >= 4 is 23.1 Å². The van der Waals surface area contributed by atoms with E-state index in [-0.39, 0.29) is 29.5 Å². The second-order valence-electron chi connectivity index (χ2n) is 8.87. The summed E-state index contributed by atoms with van der Waals surface area (Å²) in [6, 6.07) is 2.80. The number of hydrogen-bond donors (Lipinski definition) is 2. The fraction of sp³-hybridized carbons (Fsp3) is 0.250. The molecule has 3 N–H and O–H groups in total. The summed E-state index contributed by atoms with van der Waals surface area (Å²) in [5.74, 6) is -0.653. The standard InChI is InChI=1S/C24H21F3N6O/c1-11-12(5-4-6-14(26)18(11)27)9-16-29-19(15-8-7-13(25)10-33(15)16)22-30-20(28)17-21(31-22)32-23(34)24(17,2)3/h4-8,10,18H,9H2,1-3H3,(H3,28,30,31,32,34). The van der Waals surface area contributed by atoms with Gasteiger partial charge in [0.05, 0.1) is 16.5 Å². The summed E-state index contributed by atoms with van der Waals surface area (Å²) < 4.78 is 43.9. The van der Waals surface area contributed by atoms with E-state index in [1.807, 2.05) is 0 Å². The van der Waals surface area contributed by atoms with E-state index in [0.717, 1.165) is 6.08 Å². The molecular weight excluding hydrogens is 445 g/mol. The lowest BCUT2D eigenvalue weighted by Crippen LogP contribution is -2.27. The highest BCUT2D eigenvalue weighted by Gasteiger charge is 2.42. The van der Waals surface area contributed by atoms with Crippen LogP contribution in [0, 0.1) is 5.82 Å². The predicted octanol–water partition coefficient (Wildman–Crippen LogP) is 4.36. The van der Waals surface area contributed by atoms with E-state index in [2.05, 4.69) is 20.3 Å². The number of imidazole rings is 1. The Morgan fingerprint density at radius 3 is 2.74 bits per heavy atom. The molecule has 0 bridgehead atoms. The molecule has 3 aromatic rings. The molecule has 5 rings (SSSR count). The number of amides is 1. The third-order valence-corrected chi connectivity index (χ3v) is 6.28. The highest BCUT2D eigenvalue weighted by molar-refractivity contribution is 6.06. The van der Waals surface area contributed by atoms with E-state index in [1.165, 1.54) is 35.7 Å². The maximum Gasteiger partial charge on any atom is 0.235 e. The van der Waals surface area contributed by atoms with E-state index in [1.54, 1.807) is 19.9 Å². The molecule has 4 heterocycles. The molecule has 10 heteroatoms. The third-order valence-electron chi connectivity index (χ3n) is 6.28. The van der Waals surface area contributed by atoms with Gasteiger partial charge in [-0.15, -0.1) is 0 Å². The average Bonchev–Trinajstić information content (AvgIpc) is 3.20. The molecule has 3 aromatic heterocycles. The van der Waals surface area contributed by atoms with Crippen molar-refractivity contribution in [1.29, 1.82) is 0 Å². The topological polar surface area (TPSA) is 98.2 Å². The molecule has 34 heavy (non-hydrogen) atoms. The molecule has 1 aliphatic carbocycles. The summed E-state index contributed by atoms with van der Waals surface area (Å²) in [5.41, 5.74) is 7.36. The number of carbonyl (C=O) groups is 1. The first-order valence-corrected chi connectivity index (χ1v) is 10.6. The molecule has 1 unspecified atom stereocenters. The zero-order chi connectivity index (χ0) is 24.4. The first-order chi connectivity index (χ1) is 16.1. The van der Waals surface area contributed by atoms with Crippen molar-refractivity contribution in [3.63, 3.8) is 0 Å².